The summed E-state index contributed by atoms with van der Waals surface area (Å²) >= 11 is 0. The van der Waals surface area contributed by atoms with Crippen LogP contribution in [0, 0.1) is 25.7 Å². The van der Waals surface area contributed by atoms with Crippen LogP contribution >= 0.6 is 0 Å². The van der Waals surface area contributed by atoms with E-state index in [1.54, 1.807) is 0 Å². The molecule has 0 N–H and O–H groups in total. The Labute approximate surface area is 99.5 Å². The second kappa shape index (κ2) is 6.35. The molecular formula is C15H21N. The Hall–Kier alpha value is -1.26. The highest BCUT2D eigenvalue weighted by Crippen LogP contribution is 2.07. The highest BCUT2D eigenvalue weighted by Gasteiger charge is 1.94. The van der Waals surface area contributed by atoms with Crippen molar-refractivity contribution in [3.8, 4) is 11.8 Å². The quantitative estimate of drug-likeness (QED) is 0.701. The zero-order valence-corrected chi connectivity index (χ0v) is 10.8. The maximum atomic E-state index is 3.23. The van der Waals surface area contributed by atoms with Gasteiger partial charge in [0.05, 0.1) is 6.54 Å². The molecule has 0 aliphatic heterocycles. The predicted molar refractivity (Wildman–Crippen MR) is 70.6 cm³/mol. The van der Waals surface area contributed by atoms with E-state index in [1.165, 1.54) is 11.1 Å². The van der Waals surface area contributed by atoms with Gasteiger partial charge in [-0.15, -0.1) is 0 Å². The lowest BCUT2D eigenvalue weighted by Crippen LogP contribution is -2.22. The van der Waals surface area contributed by atoms with Gasteiger partial charge in [0.25, 0.3) is 0 Å². The van der Waals surface area contributed by atoms with Crippen molar-refractivity contribution in [2.24, 2.45) is 0 Å². The van der Waals surface area contributed by atoms with E-state index >= 15 is 0 Å². The smallest absolute Gasteiger partial charge is 0.0605 e. The van der Waals surface area contributed by atoms with Gasteiger partial charge in [-0.25, -0.2) is 0 Å². The summed E-state index contributed by atoms with van der Waals surface area (Å²) in [5.74, 6) is 6.47. The van der Waals surface area contributed by atoms with E-state index in [4.69, 9.17) is 0 Å². The summed E-state index contributed by atoms with van der Waals surface area (Å²) in [4.78, 5) is 2.32. The minimum atomic E-state index is 0.861. The molecule has 0 atom stereocenters. The summed E-state index contributed by atoms with van der Waals surface area (Å²) in [5.41, 5.74) is 3.70. The SMILES string of the molecule is CCN(CC)CC#Cc1cc(C)cc(C)c1. The fourth-order valence-electron chi connectivity index (χ4n) is 1.75. The van der Waals surface area contributed by atoms with E-state index in [0.717, 1.165) is 25.2 Å². The van der Waals surface area contributed by atoms with Gasteiger partial charge in [0.2, 0.25) is 0 Å². The Kier molecular flexibility index (Phi) is 5.08. The van der Waals surface area contributed by atoms with Crippen LogP contribution in [0.2, 0.25) is 0 Å². The zero-order chi connectivity index (χ0) is 12.0. The van der Waals surface area contributed by atoms with Crippen LogP contribution in [0.15, 0.2) is 18.2 Å². The minimum absolute atomic E-state index is 0.861. The van der Waals surface area contributed by atoms with E-state index in [2.05, 4.69) is 62.6 Å². The largest absolute Gasteiger partial charge is 0.293 e. The third kappa shape index (κ3) is 4.08. The number of benzene rings is 1. The second-order valence-electron chi connectivity index (χ2n) is 4.14. The van der Waals surface area contributed by atoms with Gasteiger partial charge in [0.15, 0.2) is 0 Å². The van der Waals surface area contributed by atoms with Gasteiger partial charge < -0.3 is 0 Å². The van der Waals surface area contributed by atoms with E-state index in [1.807, 2.05) is 0 Å². The number of hydrogen-bond acceptors (Lipinski definition) is 1. The molecule has 0 unspecified atom stereocenters. The van der Waals surface area contributed by atoms with Crippen molar-refractivity contribution in [1.29, 1.82) is 0 Å². The first-order chi connectivity index (χ1) is 7.65. The van der Waals surface area contributed by atoms with Gasteiger partial charge >= 0.3 is 0 Å². The molecule has 0 amide bonds. The Morgan fingerprint density at radius 1 is 1.00 bits per heavy atom. The van der Waals surface area contributed by atoms with Crippen molar-refractivity contribution in [2.45, 2.75) is 27.7 Å². The topological polar surface area (TPSA) is 3.24 Å². The van der Waals surface area contributed by atoms with Gasteiger partial charge in [0, 0.05) is 5.56 Å². The molecule has 0 bridgehead atoms. The molecule has 0 saturated carbocycles. The summed E-state index contributed by atoms with van der Waals surface area (Å²) in [6.45, 7) is 11.6. The molecule has 0 radical (unpaired) electrons. The van der Waals surface area contributed by atoms with Crippen molar-refractivity contribution in [2.75, 3.05) is 19.6 Å². The number of hydrogen-bond donors (Lipinski definition) is 0. The molecule has 1 heteroatoms. The monoisotopic (exact) mass is 215 g/mol. The molecule has 0 aliphatic carbocycles. The first-order valence-electron chi connectivity index (χ1n) is 5.95. The molecular weight excluding hydrogens is 194 g/mol. The molecule has 1 rings (SSSR count). The highest BCUT2D eigenvalue weighted by atomic mass is 15.1. The Bertz CT molecular complexity index is 371. The van der Waals surface area contributed by atoms with Crippen LogP contribution in [0.4, 0.5) is 0 Å². The van der Waals surface area contributed by atoms with Gasteiger partial charge in [-0.3, -0.25) is 4.90 Å². The van der Waals surface area contributed by atoms with Crippen LogP contribution in [-0.4, -0.2) is 24.5 Å². The standard InChI is InChI=1S/C15H21N/c1-5-16(6-2)9-7-8-15-11-13(3)10-14(4)12-15/h10-12H,5-6,9H2,1-4H3. The summed E-state index contributed by atoms with van der Waals surface area (Å²) in [7, 11) is 0. The minimum Gasteiger partial charge on any atom is -0.293 e. The molecule has 0 fully saturated rings. The van der Waals surface area contributed by atoms with E-state index in [0.29, 0.717) is 0 Å². The summed E-state index contributed by atoms with van der Waals surface area (Å²) < 4.78 is 0. The predicted octanol–water partition coefficient (Wildman–Crippen LogP) is 3.00. The van der Waals surface area contributed by atoms with E-state index in [-0.39, 0.29) is 0 Å². The lowest BCUT2D eigenvalue weighted by atomic mass is 10.1. The fourth-order valence-corrected chi connectivity index (χ4v) is 1.75. The van der Waals surface area contributed by atoms with E-state index in [9.17, 15) is 0 Å². The number of aryl methyl sites for hydroxylation is 2. The van der Waals surface area contributed by atoms with Crippen LogP contribution < -0.4 is 0 Å². The third-order valence-corrected chi connectivity index (χ3v) is 2.65. The number of nitrogens with zero attached hydrogens (tertiary/aromatic N) is 1. The maximum Gasteiger partial charge on any atom is 0.0605 e. The highest BCUT2D eigenvalue weighted by molar-refractivity contribution is 5.40. The van der Waals surface area contributed by atoms with Crippen LogP contribution in [0.3, 0.4) is 0 Å². The van der Waals surface area contributed by atoms with Crippen molar-refractivity contribution in [3.63, 3.8) is 0 Å². The first kappa shape index (κ1) is 12.8. The molecule has 0 aliphatic rings. The molecule has 0 heterocycles. The van der Waals surface area contributed by atoms with Crippen LogP contribution in [0.5, 0.6) is 0 Å². The molecule has 1 aromatic rings. The summed E-state index contributed by atoms with van der Waals surface area (Å²) in [6, 6.07) is 6.46. The first-order valence-corrected chi connectivity index (χ1v) is 5.95. The van der Waals surface area contributed by atoms with Crippen molar-refractivity contribution in [1.82, 2.24) is 4.90 Å². The molecule has 1 aromatic carbocycles. The second-order valence-corrected chi connectivity index (χ2v) is 4.14. The van der Waals surface area contributed by atoms with Gasteiger partial charge in [-0.1, -0.05) is 31.8 Å². The van der Waals surface area contributed by atoms with Crippen molar-refractivity contribution in [3.05, 3.63) is 34.9 Å². The lowest BCUT2D eigenvalue weighted by Gasteiger charge is -2.13. The van der Waals surface area contributed by atoms with Crippen LogP contribution in [0.1, 0.15) is 30.5 Å². The Morgan fingerprint density at radius 2 is 1.56 bits per heavy atom. The van der Waals surface area contributed by atoms with Crippen LogP contribution in [-0.2, 0) is 0 Å². The third-order valence-electron chi connectivity index (χ3n) is 2.65. The Morgan fingerprint density at radius 3 is 2.06 bits per heavy atom. The Balaban J connectivity index is 2.69. The van der Waals surface area contributed by atoms with Gasteiger partial charge in [-0.05, 0) is 50.2 Å². The van der Waals surface area contributed by atoms with Crippen molar-refractivity contribution < 1.29 is 0 Å². The molecule has 1 nitrogen and oxygen atoms in total. The molecule has 86 valence electrons. The molecule has 0 spiro atoms. The zero-order valence-electron chi connectivity index (χ0n) is 10.8. The van der Waals surface area contributed by atoms with Crippen LogP contribution in [0.25, 0.3) is 0 Å². The normalized spacial score (nSPS) is 10.1. The fraction of sp³-hybridized carbons (Fsp3) is 0.467. The maximum absolute atomic E-state index is 3.23. The average molecular weight is 215 g/mol. The van der Waals surface area contributed by atoms with Gasteiger partial charge in [-0.2, -0.15) is 0 Å². The molecule has 0 aromatic heterocycles. The summed E-state index contributed by atoms with van der Waals surface area (Å²) in [5, 5.41) is 0. The average Bonchev–Trinajstić information content (AvgIpc) is 2.23. The summed E-state index contributed by atoms with van der Waals surface area (Å²) in [6.07, 6.45) is 0. The lowest BCUT2D eigenvalue weighted by molar-refractivity contribution is 0.342. The van der Waals surface area contributed by atoms with E-state index < -0.39 is 0 Å². The van der Waals surface area contributed by atoms with Crippen molar-refractivity contribution >= 4 is 0 Å². The number of rotatable bonds is 3. The molecule has 16 heavy (non-hydrogen) atoms. The molecule has 0 saturated heterocycles. The van der Waals surface area contributed by atoms with Gasteiger partial charge in [0.1, 0.15) is 0 Å².